The van der Waals surface area contributed by atoms with Crippen LogP contribution in [0.15, 0.2) is 30.3 Å². The maximum absolute atomic E-state index is 11.2. The second-order valence-corrected chi connectivity index (χ2v) is 7.97. The minimum Gasteiger partial charge on any atom is -0.477 e. The summed E-state index contributed by atoms with van der Waals surface area (Å²) < 4.78 is 17.2. The third-order valence-corrected chi connectivity index (χ3v) is 5.68. The minimum atomic E-state index is -0.803. The van der Waals surface area contributed by atoms with Crippen LogP contribution >= 0.6 is 0 Å². The number of benzene rings is 2. The topological polar surface area (TPSA) is 68.0 Å². The first-order valence-electron chi connectivity index (χ1n) is 10.9. The van der Waals surface area contributed by atoms with Gasteiger partial charge in [-0.3, -0.25) is 0 Å². The lowest BCUT2D eigenvalue weighted by Crippen LogP contribution is -2.28. The number of carboxylic acids is 1. The molecule has 1 N–H and O–H groups in total. The fourth-order valence-corrected chi connectivity index (χ4v) is 3.98. The lowest BCUT2D eigenvalue weighted by molar-refractivity contribution is -0.429. The average Bonchev–Trinajstić information content (AvgIpc) is 2.90. The summed E-state index contributed by atoms with van der Waals surface area (Å²) in [7, 11) is 0. The van der Waals surface area contributed by atoms with Gasteiger partial charge in [0.2, 0.25) is 12.2 Å². The third-order valence-electron chi connectivity index (χ3n) is 5.68. The van der Waals surface area contributed by atoms with Crippen molar-refractivity contribution < 1.29 is 28.7 Å². The minimum absolute atomic E-state index is 0.0135. The molecule has 0 fully saturated rings. The Morgan fingerprint density at radius 2 is 1.55 bits per heavy atom. The molecule has 2 aromatic rings. The van der Waals surface area contributed by atoms with Gasteiger partial charge in [0.05, 0.1) is 5.41 Å². The summed E-state index contributed by atoms with van der Waals surface area (Å²) in [6, 6.07) is 10.5. The molecule has 0 saturated heterocycles. The van der Waals surface area contributed by atoms with E-state index in [4.69, 9.17) is 14.2 Å². The van der Waals surface area contributed by atoms with Crippen LogP contribution in [0.3, 0.4) is 0 Å². The highest BCUT2D eigenvalue weighted by atomic mass is 16.8. The van der Waals surface area contributed by atoms with E-state index in [1.165, 1.54) is 21.9 Å². The van der Waals surface area contributed by atoms with Crippen molar-refractivity contribution in [3.63, 3.8) is 0 Å². The number of aryl methyl sites for hydroxylation is 1. The molecule has 1 heterocycles. The van der Waals surface area contributed by atoms with Crippen LogP contribution in [-0.2, 0) is 24.4 Å². The van der Waals surface area contributed by atoms with Gasteiger partial charge >= 0.3 is 5.97 Å². The fourth-order valence-electron chi connectivity index (χ4n) is 3.98. The molecule has 1 aliphatic rings. The van der Waals surface area contributed by atoms with Crippen molar-refractivity contribution in [2.24, 2.45) is 0 Å². The number of hydrogen-bond acceptors (Lipinski definition) is 4. The number of fused-ring (bicyclic) bond motifs is 3. The molecule has 0 aromatic heterocycles. The van der Waals surface area contributed by atoms with Crippen LogP contribution in [0.5, 0.6) is 0 Å². The first-order chi connectivity index (χ1) is 14.7. The standard InChI is InChI=1S/C18H19NO2.C7H16O3/c1-11-6-5-7-14-13(11)8-9-15-17(14)18(3,4)12(2)19(15)10-16(20)21;1-4-8-7(9-5-2)10-6-3/h5-9H,10H2,1-4H3;7H,4-6H2,1-3H3/p+1. The second kappa shape index (κ2) is 10.8. The van der Waals surface area contributed by atoms with E-state index in [9.17, 15) is 9.90 Å². The number of carbonyl (C=O) groups is 1. The Kier molecular flexibility index (Phi) is 8.74. The Morgan fingerprint density at radius 3 is 2.06 bits per heavy atom. The van der Waals surface area contributed by atoms with Crippen molar-refractivity contribution in [2.45, 2.75) is 60.4 Å². The molecule has 0 radical (unpaired) electrons. The van der Waals surface area contributed by atoms with Gasteiger partial charge in [-0.1, -0.05) is 18.2 Å². The summed E-state index contributed by atoms with van der Waals surface area (Å²) >= 11 is 0. The molecule has 3 rings (SSSR count). The van der Waals surface area contributed by atoms with Gasteiger partial charge in [-0.25, -0.2) is 4.79 Å². The Labute approximate surface area is 185 Å². The molecular weight excluding hydrogens is 394 g/mol. The molecule has 6 heteroatoms. The van der Waals surface area contributed by atoms with Gasteiger partial charge in [0.25, 0.3) is 6.48 Å². The van der Waals surface area contributed by atoms with E-state index >= 15 is 0 Å². The Balaban J connectivity index is 0.000000291. The van der Waals surface area contributed by atoms with Gasteiger partial charge < -0.3 is 19.3 Å². The predicted octanol–water partition coefficient (Wildman–Crippen LogP) is 5.01. The summed E-state index contributed by atoms with van der Waals surface area (Å²) in [5.41, 5.74) is 4.45. The molecule has 170 valence electrons. The summed E-state index contributed by atoms with van der Waals surface area (Å²) in [4.78, 5) is 11.2. The zero-order valence-electron chi connectivity index (χ0n) is 19.8. The average molecular weight is 431 g/mol. The van der Waals surface area contributed by atoms with Gasteiger partial charge in [0, 0.05) is 38.4 Å². The number of ether oxygens (including phenoxy) is 3. The van der Waals surface area contributed by atoms with Crippen molar-refractivity contribution in [3.05, 3.63) is 41.5 Å². The molecule has 2 aromatic carbocycles. The highest BCUT2D eigenvalue weighted by molar-refractivity contribution is 6.02. The highest BCUT2D eigenvalue weighted by Gasteiger charge is 2.44. The van der Waals surface area contributed by atoms with Crippen LogP contribution in [-0.4, -0.2) is 54.2 Å². The van der Waals surface area contributed by atoms with Gasteiger partial charge in [-0.05, 0) is 63.9 Å². The van der Waals surface area contributed by atoms with E-state index in [0.29, 0.717) is 19.8 Å². The van der Waals surface area contributed by atoms with Crippen molar-refractivity contribution in [3.8, 4) is 0 Å². The van der Waals surface area contributed by atoms with Gasteiger partial charge in [0.1, 0.15) is 0 Å². The highest BCUT2D eigenvalue weighted by Crippen LogP contribution is 2.44. The Morgan fingerprint density at radius 1 is 0.968 bits per heavy atom. The fraction of sp³-hybridized carbons (Fsp3) is 0.520. The van der Waals surface area contributed by atoms with Gasteiger partial charge in [-0.15, -0.1) is 0 Å². The maximum atomic E-state index is 11.2. The lowest BCUT2D eigenvalue weighted by atomic mass is 9.79. The molecular formula is C25H36NO5+. The van der Waals surface area contributed by atoms with Gasteiger partial charge in [-0.2, -0.15) is 4.58 Å². The Bertz CT molecular complexity index is 934. The van der Waals surface area contributed by atoms with Crippen LogP contribution in [0.25, 0.3) is 10.8 Å². The number of carboxylic acid groups (broad SMARTS) is 1. The van der Waals surface area contributed by atoms with Crippen molar-refractivity contribution >= 4 is 28.1 Å². The largest absolute Gasteiger partial charge is 0.477 e. The second-order valence-electron chi connectivity index (χ2n) is 7.97. The predicted molar refractivity (Wildman–Crippen MR) is 123 cm³/mol. The third kappa shape index (κ3) is 5.50. The van der Waals surface area contributed by atoms with Crippen LogP contribution in [0.1, 0.15) is 52.7 Å². The molecule has 0 bridgehead atoms. The number of rotatable bonds is 8. The van der Waals surface area contributed by atoms with Crippen LogP contribution < -0.4 is 0 Å². The molecule has 0 aliphatic carbocycles. The van der Waals surface area contributed by atoms with E-state index < -0.39 is 12.4 Å². The first kappa shape index (κ1) is 25.0. The molecule has 0 spiro atoms. The maximum Gasteiger partial charge on any atom is 0.370 e. The first-order valence-corrected chi connectivity index (χ1v) is 10.9. The molecule has 6 nitrogen and oxygen atoms in total. The quantitative estimate of drug-likeness (QED) is 0.471. The molecule has 31 heavy (non-hydrogen) atoms. The molecule has 0 unspecified atom stereocenters. The van der Waals surface area contributed by atoms with Crippen molar-refractivity contribution in [1.29, 1.82) is 0 Å². The van der Waals surface area contributed by atoms with E-state index in [-0.39, 0.29) is 12.0 Å². The smallest absolute Gasteiger partial charge is 0.370 e. The van der Waals surface area contributed by atoms with Crippen LogP contribution in [0.2, 0.25) is 0 Å². The SMILES string of the molecule is CC1=[N+](CC(=O)O)c2ccc3c(C)cccc3c2C1(C)C.CCOC(OCC)OCC. The summed E-state index contributed by atoms with van der Waals surface area (Å²) in [6.07, 6.45) is 0. The van der Waals surface area contributed by atoms with Crippen LogP contribution in [0, 0.1) is 6.92 Å². The number of nitrogens with zero attached hydrogens (tertiary/aromatic N) is 1. The summed E-state index contributed by atoms with van der Waals surface area (Å²) in [5, 5.41) is 11.7. The summed E-state index contributed by atoms with van der Waals surface area (Å²) in [6.45, 7) is 15.6. The molecule has 1 aliphatic heterocycles. The number of aliphatic carboxylic acids is 1. The van der Waals surface area contributed by atoms with Crippen molar-refractivity contribution in [1.82, 2.24) is 0 Å². The van der Waals surface area contributed by atoms with E-state index in [1.807, 2.05) is 32.3 Å². The molecule has 0 atom stereocenters. The van der Waals surface area contributed by atoms with E-state index in [2.05, 4.69) is 51.1 Å². The normalized spacial score (nSPS) is 14.6. The number of hydrogen-bond donors (Lipinski definition) is 1. The van der Waals surface area contributed by atoms with E-state index in [1.54, 1.807) is 0 Å². The van der Waals surface area contributed by atoms with E-state index in [0.717, 1.165) is 11.4 Å². The summed E-state index contributed by atoms with van der Waals surface area (Å²) in [5.74, 6) is -0.803. The molecule has 0 saturated carbocycles. The van der Waals surface area contributed by atoms with Crippen molar-refractivity contribution in [2.75, 3.05) is 26.4 Å². The Hall–Kier alpha value is -2.28. The zero-order chi connectivity index (χ0) is 23.2. The lowest BCUT2D eigenvalue weighted by Gasteiger charge is -2.17. The monoisotopic (exact) mass is 430 g/mol. The molecule has 0 amide bonds. The van der Waals surface area contributed by atoms with Crippen LogP contribution in [0.4, 0.5) is 5.69 Å². The zero-order valence-corrected chi connectivity index (χ0v) is 19.8. The van der Waals surface area contributed by atoms with Gasteiger partial charge in [0.15, 0.2) is 5.71 Å².